The third-order valence-corrected chi connectivity index (χ3v) is 3.34. The maximum Gasteiger partial charge on any atom is 0.357 e. The highest BCUT2D eigenvalue weighted by molar-refractivity contribution is 5.86. The largest absolute Gasteiger partial charge is 0.357 e. The molecule has 114 valence electrons. The first kappa shape index (κ1) is 14.5. The van der Waals surface area contributed by atoms with Gasteiger partial charge in [-0.2, -0.15) is 0 Å². The van der Waals surface area contributed by atoms with Crippen LogP contribution in [0.2, 0.25) is 0 Å². The molecule has 0 aliphatic carbocycles. The van der Waals surface area contributed by atoms with Crippen LogP contribution in [0.15, 0.2) is 52.1 Å². The van der Waals surface area contributed by atoms with Crippen LogP contribution in [0.1, 0.15) is 11.3 Å². The van der Waals surface area contributed by atoms with Crippen LogP contribution in [-0.2, 0) is 0 Å². The van der Waals surface area contributed by atoms with Crippen molar-refractivity contribution < 1.29 is 4.92 Å². The summed E-state index contributed by atoms with van der Waals surface area (Å²) in [7, 11) is 0. The molecule has 3 aromatic rings. The molecule has 0 amide bonds. The standard InChI is InChI=1S/C16H11N3O4/c20-15-14(19(22)23)13(17-16(21)18-15)8-6-10-5-7-11-3-1-2-4-12(11)9-10/h1-9H,(H2,17,18,20,21). The van der Waals surface area contributed by atoms with Crippen molar-refractivity contribution in [3.8, 4) is 0 Å². The van der Waals surface area contributed by atoms with Gasteiger partial charge in [-0.15, -0.1) is 0 Å². The molecule has 0 fully saturated rings. The first-order chi connectivity index (χ1) is 11.0. The van der Waals surface area contributed by atoms with E-state index in [1.807, 2.05) is 47.4 Å². The minimum atomic E-state index is -1.03. The molecule has 0 unspecified atom stereocenters. The van der Waals surface area contributed by atoms with Crippen LogP contribution in [0.25, 0.3) is 22.9 Å². The average molecular weight is 309 g/mol. The molecule has 1 aromatic heterocycles. The zero-order valence-electron chi connectivity index (χ0n) is 11.8. The van der Waals surface area contributed by atoms with Crippen LogP contribution in [0.4, 0.5) is 5.69 Å². The van der Waals surface area contributed by atoms with Gasteiger partial charge in [0.2, 0.25) is 0 Å². The highest BCUT2D eigenvalue weighted by atomic mass is 16.6. The van der Waals surface area contributed by atoms with Gasteiger partial charge in [-0.05, 0) is 28.5 Å². The van der Waals surface area contributed by atoms with Gasteiger partial charge in [0.25, 0.3) is 0 Å². The lowest BCUT2D eigenvalue weighted by molar-refractivity contribution is -0.386. The Bertz CT molecular complexity index is 1050. The van der Waals surface area contributed by atoms with Gasteiger partial charge in [0.15, 0.2) is 0 Å². The van der Waals surface area contributed by atoms with Crippen molar-refractivity contribution in [2.24, 2.45) is 0 Å². The second-order valence-corrected chi connectivity index (χ2v) is 4.87. The number of H-pyrrole nitrogens is 2. The van der Waals surface area contributed by atoms with Crippen LogP contribution < -0.4 is 11.2 Å². The van der Waals surface area contributed by atoms with E-state index in [1.54, 1.807) is 6.08 Å². The molecule has 3 rings (SSSR count). The van der Waals surface area contributed by atoms with Crippen molar-refractivity contribution in [1.82, 2.24) is 9.97 Å². The number of benzene rings is 2. The summed E-state index contributed by atoms with van der Waals surface area (Å²) < 4.78 is 0. The molecule has 0 saturated heterocycles. The topological polar surface area (TPSA) is 109 Å². The van der Waals surface area contributed by atoms with E-state index in [-0.39, 0.29) is 5.69 Å². The Labute approximate surface area is 129 Å². The number of nitrogens with zero attached hydrogens (tertiary/aromatic N) is 1. The Morgan fingerprint density at radius 3 is 2.43 bits per heavy atom. The van der Waals surface area contributed by atoms with Gasteiger partial charge >= 0.3 is 16.9 Å². The Morgan fingerprint density at radius 1 is 0.957 bits per heavy atom. The second-order valence-electron chi connectivity index (χ2n) is 4.87. The summed E-state index contributed by atoms with van der Waals surface area (Å²) in [5.41, 5.74) is -1.87. The van der Waals surface area contributed by atoms with Gasteiger partial charge < -0.3 is 4.98 Å². The molecule has 7 nitrogen and oxygen atoms in total. The molecule has 7 heteroatoms. The maximum atomic E-state index is 11.5. The van der Waals surface area contributed by atoms with Crippen molar-refractivity contribution in [3.63, 3.8) is 0 Å². The predicted octanol–water partition coefficient (Wildman–Crippen LogP) is 2.29. The Balaban J connectivity index is 2.06. The van der Waals surface area contributed by atoms with Crippen LogP contribution in [0.3, 0.4) is 0 Å². The van der Waals surface area contributed by atoms with Crippen molar-refractivity contribution >= 4 is 28.6 Å². The highest BCUT2D eigenvalue weighted by Gasteiger charge is 2.18. The van der Waals surface area contributed by atoms with E-state index in [9.17, 15) is 19.7 Å². The van der Waals surface area contributed by atoms with Crippen molar-refractivity contribution in [3.05, 3.63) is 84.7 Å². The van der Waals surface area contributed by atoms with E-state index in [2.05, 4.69) is 4.98 Å². The lowest BCUT2D eigenvalue weighted by Crippen LogP contribution is -2.25. The third-order valence-electron chi connectivity index (χ3n) is 3.34. The summed E-state index contributed by atoms with van der Waals surface area (Å²) in [5, 5.41) is 13.1. The van der Waals surface area contributed by atoms with Crippen molar-refractivity contribution in [2.75, 3.05) is 0 Å². The molecule has 23 heavy (non-hydrogen) atoms. The molecule has 0 saturated carbocycles. The fourth-order valence-corrected chi connectivity index (χ4v) is 2.29. The Kier molecular flexibility index (Phi) is 3.60. The molecule has 0 atom stereocenters. The van der Waals surface area contributed by atoms with E-state index in [0.717, 1.165) is 16.3 Å². The molecule has 2 N–H and O–H groups in total. The molecule has 0 aliphatic heterocycles. The zero-order valence-corrected chi connectivity index (χ0v) is 11.8. The summed E-state index contributed by atoms with van der Waals surface area (Å²) in [6.07, 6.45) is 2.95. The van der Waals surface area contributed by atoms with Crippen LogP contribution in [-0.4, -0.2) is 14.9 Å². The number of fused-ring (bicyclic) bond motifs is 1. The van der Waals surface area contributed by atoms with E-state index >= 15 is 0 Å². The van der Waals surface area contributed by atoms with Crippen LogP contribution in [0.5, 0.6) is 0 Å². The molecule has 2 aromatic carbocycles. The Hall–Kier alpha value is -3.48. The normalized spacial score (nSPS) is 11.1. The highest BCUT2D eigenvalue weighted by Crippen LogP contribution is 2.18. The van der Waals surface area contributed by atoms with Crippen molar-refractivity contribution in [1.29, 1.82) is 0 Å². The first-order valence-corrected chi connectivity index (χ1v) is 6.72. The fraction of sp³-hybridized carbons (Fsp3) is 0. The number of nitro groups is 1. The molecule has 0 aliphatic rings. The summed E-state index contributed by atoms with van der Waals surface area (Å²) in [6, 6.07) is 13.4. The Morgan fingerprint density at radius 2 is 1.70 bits per heavy atom. The number of nitrogens with one attached hydrogen (secondary N) is 2. The number of rotatable bonds is 3. The monoisotopic (exact) mass is 309 g/mol. The number of aromatic amines is 2. The number of hydrogen-bond acceptors (Lipinski definition) is 4. The quantitative estimate of drug-likeness (QED) is 0.571. The van der Waals surface area contributed by atoms with Gasteiger partial charge in [-0.3, -0.25) is 19.9 Å². The molecule has 1 heterocycles. The third kappa shape index (κ3) is 2.93. The van der Waals surface area contributed by atoms with E-state index < -0.39 is 21.9 Å². The fourth-order valence-electron chi connectivity index (χ4n) is 2.29. The van der Waals surface area contributed by atoms with E-state index in [1.165, 1.54) is 6.08 Å². The van der Waals surface area contributed by atoms with Gasteiger partial charge in [-0.25, -0.2) is 4.79 Å². The zero-order chi connectivity index (χ0) is 16.4. The number of aromatic nitrogens is 2. The molecular weight excluding hydrogens is 298 g/mol. The SMILES string of the molecule is O=c1[nH]c(C=Cc2ccc3ccccc3c2)c([N+](=O)[O-])c(=O)[nH]1. The minimum Gasteiger partial charge on any atom is -0.301 e. The van der Waals surface area contributed by atoms with Gasteiger partial charge in [-0.1, -0.05) is 42.5 Å². The molecule has 0 spiro atoms. The van der Waals surface area contributed by atoms with E-state index in [0.29, 0.717) is 0 Å². The lowest BCUT2D eigenvalue weighted by Gasteiger charge is -1.99. The van der Waals surface area contributed by atoms with Crippen LogP contribution in [0, 0.1) is 10.1 Å². The molecular formula is C16H11N3O4. The average Bonchev–Trinajstić information content (AvgIpc) is 2.51. The first-order valence-electron chi connectivity index (χ1n) is 6.72. The number of hydrogen-bond donors (Lipinski definition) is 2. The van der Waals surface area contributed by atoms with Crippen molar-refractivity contribution in [2.45, 2.75) is 0 Å². The molecule has 0 bridgehead atoms. The smallest absolute Gasteiger partial charge is 0.301 e. The summed E-state index contributed by atoms with van der Waals surface area (Å²) in [6.45, 7) is 0. The van der Waals surface area contributed by atoms with Gasteiger partial charge in [0, 0.05) is 0 Å². The van der Waals surface area contributed by atoms with Crippen LogP contribution >= 0.6 is 0 Å². The predicted molar refractivity (Wildman–Crippen MR) is 87.2 cm³/mol. The summed E-state index contributed by atoms with van der Waals surface area (Å²) >= 11 is 0. The lowest BCUT2D eigenvalue weighted by atomic mass is 10.1. The van der Waals surface area contributed by atoms with Gasteiger partial charge in [0.1, 0.15) is 5.69 Å². The summed E-state index contributed by atoms with van der Waals surface area (Å²) in [5.74, 6) is 0. The minimum absolute atomic E-state index is 0.142. The molecule has 0 radical (unpaired) electrons. The van der Waals surface area contributed by atoms with Gasteiger partial charge in [0.05, 0.1) is 4.92 Å². The second kappa shape index (κ2) is 5.72. The summed E-state index contributed by atoms with van der Waals surface area (Å²) in [4.78, 5) is 37.1. The van der Waals surface area contributed by atoms with E-state index in [4.69, 9.17) is 0 Å². The maximum absolute atomic E-state index is 11.5.